The van der Waals surface area contributed by atoms with Crippen molar-refractivity contribution in [3.8, 4) is 33.4 Å². The Bertz CT molecular complexity index is 3130. The Morgan fingerprint density at radius 3 is 1.95 bits per heavy atom. The van der Waals surface area contributed by atoms with Gasteiger partial charge in [-0.2, -0.15) is 0 Å². The van der Waals surface area contributed by atoms with Crippen LogP contribution in [0.15, 0.2) is 188 Å². The highest BCUT2D eigenvalue weighted by Gasteiger charge is 2.36. The van der Waals surface area contributed by atoms with E-state index in [4.69, 9.17) is 0 Å². The number of hydrogen-bond acceptors (Lipinski definition) is 2. The summed E-state index contributed by atoms with van der Waals surface area (Å²) in [6.45, 7) is 4.75. The van der Waals surface area contributed by atoms with E-state index in [0.29, 0.717) is 0 Å². The average Bonchev–Trinajstić information content (AvgIpc) is 3.73. The first-order valence-corrected chi connectivity index (χ1v) is 19.9. The third-order valence-electron chi connectivity index (χ3n) is 11.9. The summed E-state index contributed by atoms with van der Waals surface area (Å²) in [5.41, 5.74) is 13.6. The predicted molar refractivity (Wildman–Crippen MR) is 237 cm³/mol. The molecule has 0 radical (unpaired) electrons. The lowest BCUT2D eigenvalue weighted by molar-refractivity contribution is 0.660. The maximum absolute atomic E-state index is 2.55. The van der Waals surface area contributed by atoms with Crippen LogP contribution in [0.2, 0.25) is 0 Å². The zero-order valence-electron chi connectivity index (χ0n) is 30.8. The molecule has 0 atom stereocenters. The zero-order valence-corrected chi connectivity index (χ0v) is 31.6. The largest absolute Gasteiger partial charge is 0.308 e. The van der Waals surface area contributed by atoms with Crippen molar-refractivity contribution in [3.63, 3.8) is 0 Å². The van der Waals surface area contributed by atoms with Crippen LogP contribution in [-0.4, -0.2) is 0 Å². The molecule has 260 valence electrons. The van der Waals surface area contributed by atoms with Gasteiger partial charge in [0.15, 0.2) is 0 Å². The molecule has 1 nitrogen and oxygen atoms in total. The van der Waals surface area contributed by atoms with Crippen LogP contribution in [0.4, 0.5) is 17.1 Å². The van der Waals surface area contributed by atoms with Gasteiger partial charge in [-0.1, -0.05) is 166 Å². The van der Waals surface area contributed by atoms with E-state index in [9.17, 15) is 0 Å². The van der Waals surface area contributed by atoms with E-state index in [0.717, 1.165) is 11.4 Å². The monoisotopic (exact) mass is 719 g/mol. The molecule has 0 aliphatic heterocycles. The normalized spacial score (nSPS) is 13.1. The molecule has 0 N–H and O–H groups in total. The van der Waals surface area contributed by atoms with E-state index in [1.165, 1.54) is 91.9 Å². The Kier molecular flexibility index (Phi) is 7.14. The van der Waals surface area contributed by atoms with Gasteiger partial charge < -0.3 is 4.90 Å². The van der Waals surface area contributed by atoms with Crippen LogP contribution in [0.5, 0.6) is 0 Å². The van der Waals surface area contributed by atoms with Crippen molar-refractivity contribution in [3.05, 3.63) is 199 Å². The lowest BCUT2D eigenvalue weighted by Gasteiger charge is -2.31. The van der Waals surface area contributed by atoms with Gasteiger partial charge in [0.25, 0.3) is 0 Å². The average molecular weight is 720 g/mol. The highest BCUT2D eigenvalue weighted by molar-refractivity contribution is 7.26. The molecule has 1 aliphatic rings. The van der Waals surface area contributed by atoms with E-state index in [-0.39, 0.29) is 5.41 Å². The van der Waals surface area contributed by atoms with Crippen LogP contribution in [0.25, 0.3) is 75.1 Å². The molecule has 0 unspecified atom stereocenters. The fourth-order valence-electron chi connectivity index (χ4n) is 9.19. The Balaban J connectivity index is 1.23. The molecule has 10 aromatic rings. The number of anilines is 3. The van der Waals surface area contributed by atoms with Gasteiger partial charge in [-0.15, -0.1) is 11.3 Å². The van der Waals surface area contributed by atoms with Crippen molar-refractivity contribution in [2.45, 2.75) is 19.3 Å². The maximum Gasteiger partial charge on any atom is 0.0640 e. The van der Waals surface area contributed by atoms with Gasteiger partial charge in [0.2, 0.25) is 0 Å². The van der Waals surface area contributed by atoms with Crippen molar-refractivity contribution in [1.82, 2.24) is 0 Å². The fraction of sp³-hybridized carbons (Fsp3) is 0.0566. The third kappa shape index (κ3) is 4.92. The van der Waals surface area contributed by atoms with E-state index in [1.54, 1.807) is 0 Å². The van der Waals surface area contributed by atoms with Gasteiger partial charge in [0.05, 0.1) is 16.1 Å². The van der Waals surface area contributed by atoms with Crippen molar-refractivity contribution < 1.29 is 0 Å². The van der Waals surface area contributed by atoms with Crippen molar-refractivity contribution in [1.29, 1.82) is 0 Å². The quantitative estimate of drug-likeness (QED) is 0.160. The molecule has 1 aromatic heterocycles. The van der Waals surface area contributed by atoms with Gasteiger partial charge in [-0.05, 0) is 96.9 Å². The van der Waals surface area contributed by atoms with Crippen LogP contribution in [-0.2, 0) is 5.41 Å². The van der Waals surface area contributed by atoms with Crippen LogP contribution in [0, 0.1) is 0 Å². The summed E-state index contributed by atoms with van der Waals surface area (Å²) in [4.78, 5) is 2.55. The molecule has 0 spiro atoms. The molecule has 2 heteroatoms. The molecule has 1 heterocycles. The molecule has 0 fully saturated rings. The number of thiophene rings is 1. The minimum Gasteiger partial charge on any atom is -0.308 e. The third-order valence-corrected chi connectivity index (χ3v) is 13.1. The first-order valence-electron chi connectivity index (χ1n) is 19.1. The van der Waals surface area contributed by atoms with Gasteiger partial charge in [0, 0.05) is 32.1 Å². The van der Waals surface area contributed by atoms with Gasteiger partial charge in [-0.25, -0.2) is 0 Å². The molecular formula is C53H37NS. The summed E-state index contributed by atoms with van der Waals surface area (Å²) in [6, 6.07) is 69.8. The molecular weight excluding hydrogens is 683 g/mol. The highest BCUT2D eigenvalue weighted by Crippen LogP contribution is 2.53. The van der Waals surface area contributed by atoms with Crippen LogP contribution < -0.4 is 4.90 Å². The van der Waals surface area contributed by atoms with Gasteiger partial charge in [-0.3, -0.25) is 0 Å². The van der Waals surface area contributed by atoms with E-state index < -0.39 is 0 Å². The minimum absolute atomic E-state index is 0.134. The molecule has 55 heavy (non-hydrogen) atoms. The Morgan fingerprint density at radius 2 is 1.07 bits per heavy atom. The first kappa shape index (κ1) is 32.0. The summed E-state index contributed by atoms with van der Waals surface area (Å²) < 4.78 is 2.59. The summed E-state index contributed by atoms with van der Waals surface area (Å²) >= 11 is 1.88. The maximum atomic E-state index is 2.55. The SMILES string of the molecule is CC1(C)c2ccccc2-c2ccc(N(c3cc(-c4cc5ccccc5c5ccccc45)ccc3-c3ccccc3)c3cccc4c3sc3ccccc34)cc21. The standard InChI is InChI=1S/C53H37NS/c1-53(2)47-24-12-10-21-42(47)43-30-28-37(33-48(43)53)54(49-25-14-23-45-44-22-11-13-26-51(44)55-52(45)49)50-32-36(27-29-39(50)34-15-4-3-5-16-34)46-31-35-17-6-7-18-38(35)40-19-8-9-20-41(40)46/h3-33H,1-2H3. The second-order valence-electron chi connectivity index (χ2n) is 15.3. The first-order chi connectivity index (χ1) is 27.0. The molecule has 0 saturated heterocycles. The number of benzene rings is 9. The topological polar surface area (TPSA) is 3.24 Å². The Labute approximate surface area is 325 Å². The fourth-order valence-corrected chi connectivity index (χ4v) is 10.4. The van der Waals surface area contributed by atoms with E-state index in [1.807, 2.05) is 11.3 Å². The second-order valence-corrected chi connectivity index (χ2v) is 16.3. The molecule has 0 saturated carbocycles. The highest BCUT2D eigenvalue weighted by atomic mass is 32.1. The number of rotatable bonds is 5. The van der Waals surface area contributed by atoms with E-state index >= 15 is 0 Å². The molecule has 1 aliphatic carbocycles. The molecule has 9 aromatic carbocycles. The van der Waals surface area contributed by atoms with Gasteiger partial charge in [0.1, 0.15) is 0 Å². The summed E-state index contributed by atoms with van der Waals surface area (Å²) in [5, 5.41) is 7.65. The summed E-state index contributed by atoms with van der Waals surface area (Å²) in [7, 11) is 0. The summed E-state index contributed by atoms with van der Waals surface area (Å²) in [6.07, 6.45) is 0. The van der Waals surface area contributed by atoms with Crippen LogP contribution in [0.1, 0.15) is 25.0 Å². The van der Waals surface area contributed by atoms with Crippen molar-refractivity contribution in [2.75, 3.05) is 4.90 Å². The Hall–Kier alpha value is -6.48. The smallest absolute Gasteiger partial charge is 0.0640 e. The van der Waals surface area contributed by atoms with Crippen LogP contribution >= 0.6 is 11.3 Å². The predicted octanol–water partition coefficient (Wildman–Crippen LogP) is 15.5. The van der Waals surface area contributed by atoms with Crippen LogP contribution in [0.3, 0.4) is 0 Å². The van der Waals surface area contributed by atoms with Crippen molar-refractivity contribution in [2.24, 2.45) is 0 Å². The Morgan fingerprint density at radius 1 is 0.400 bits per heavy atom. The number of fused-ring (bicyclic) bond motifs is 9. The second kappa shape index (κ2) is 12.3. The molecule has 11 rings (SSSR count). The summed E-state index contributed by atoms with van der Waals surface area (Å²) in [5.74, 6) is 0. The molecule has 0 amide bonds. The lowest BCUT2D eigenvalue weighted by Crippen LogP contribution is -2.17. The van der Waals surface area contributed by atoms with Crippen molar-refractivity contribution >= 4 is 70.1 Å². The van der Waals surface area contributed by atoms with E-state index in [2.05, 4.69) is 207 Å². The lowest BCUT2D eigenvalue weighted by atomic mass is 9.82. The van der Waals surface area contributed by atoms with Gasteiger partial charge >= 0.3 is 0 Å². The zero-order chi connectivity index (χ0) is 36.7. The number of hydrogen-bond donors (Lipinski definition) is 0. The number of nitrogens with zero attached hydrogens (tertiary/aromatic N) is 1. The minimum atomic E-state index is -0.134. The molecule has 0 bridgehead atoms.